The van der Waals surface area contributed by atoms with Crippen LogP contribution in [0.25, 0.3) is 5.69 Å². The molecule has 0 unspecified atom stereocenters. The van der Waals surface area contributed by atoms with Gasteiger partial charge in [-0.05, 0) is 50.2 Å². The number of halogens is 2. The average Bonchev–Trinajstić information content (AvgIpc) is 3.24. The Balaban J connectivity index is 1.73. The summed E-state index contributed by atoms with van der Waals surface area (Å²) in [6.45, 7) is 10.6. The molecule has 0 aliphatic carbocycles. The summed E-state index contributed by atoms with van der Waals surface area (Å²) < 4.78 is 7.31. The van der Waals surface area contributed by atoms with Gasteiger partial charge >= 0.3 is 0 Å². The number of ether oxygens (including phenoxy) is 1. The first-order valence-corrected chi connectivity index (χ1v) is 13.5. The molecule has 1 saturated heterocycles. The number of aromatic nitrogens is 2. The van der Waals surface area contributed by atoms with Crippen molar-refractivity contribution in [2.24, 2.45) is 0 Å². The number of hydrogen-bond acceptors (Lipinski definition) is 5. The normalized spacial score (nSPS) is 14.2. The number of para-hydroxylation sites is 1. The molecule has 1 aliphatic rings. The number of piperazine rings is 1. The molecular formula is C28H35Cl2N5O2. The lowest BCUT2D eigenvalue weighted by molar-refractivity contribution is 0.0724. The standard InChI is InChI=1S/C28H35Cl2N5O2/c1-4-32-14-16-33(17-15-32)27-25(21(2)31-35(27)23-9-6-5-7-10-23)20-34(13-8-18-37-3)28(36)24-12-11-22(29)19-26(24)30/h5-7,9-12,19H,4,8,13-18,20H2,1-3H3. The number of amides is 1. The molecule has 1 amide bonds. The highest BCUT2D eigenvalue weighted by Gasteiger charge is 2.28. The first-order valence-electron chi connectivity index (χ1n) is 12.8. The number of aryl methyl sites for hydroxylation is 1. The fourth-order valence-electron chi connectivity index (χ4n) is 4.76. The van der Waals surface area contributed by atoms with E-state index in [9.17, 15) is 4.79 Å². The minimum absolute atomic E-state index is 0.133. The number of likely N-dealkylation sites (N-methyl/N-ethyl adjacent to an activating group) is 1. The lowest BCUT2D eigenvalue weighted by Crippen LogP contribution is -2.47. The van der Waals surface area contributed by atoms with E-state index in [0.717, 1.165) is 55.5 Å². The Labute approximate surface area is 229 Å². The van der Waals surface area contributed by atoms with Crippen LogP contribution in [0.2, 0.25) is 10.0 Å². The number of methoxy groups -OCH3 is 1. The molecule has 0 atom stereocenters. The summed E-state index contributed by atoms with van der Waals surface area (Å²) in [5.41, 5.74) is 3.39. The van der Waals surface area contributed by atoms with Gasteiger partial charge < -0.3 is 19.4 Å². The maximum atomic E-state index is 13.7. The predicted octanol–water partition coefficient (Wildman–Crippen LogP) is 5.31. The van der Waals surface area contributed by atoms with Crippen molar-refractivity contribution in [2.45, 2.75) is 26.8 Å². The third-order valence-corrected chi connectivity index (χ3v) is 7.40. The van der Waals surface area contributed by atoms with Crippen LogP contribution < -0.4 is 4.90 Å². The second-order valence-corrected chi connectivity index (χ2v) is 10.1. The zero-order chi connectivity index (χ0) is 26.4. The van der Waals surface area contributed by atoms with E-state index in [4.69, 9.17) is 33.0 Å². The van der Waals surface area contributed by atoms with Gasteiger partial charge in [-0.1, -0.05) is 48.3 Å². The summed E-state index contributed by atoms with van der Waals surface area (Å²) in [6, 6.07) is 15.2. The monoisotopic (exact) mass is 543 g/mol. The molecule has 0 spiro atoms. The van der Waals surface area contributed by atoms with Crippen LogP contribution in [0.3, 0.4) is 0 Å². The van der Waals surface area contributed by atoms with Gasteiger partial charge in [-0.15, -0.1) is 0 Å². The number of benzene rings is 2. The minimum Gasteiger partial charge on any atom is -0.385 e. The molecule has 4 rings (SSSR count). The molecule has 0 saturated carbocycles. The van der Waals surface area contributed by atoms with E-state index < -0.39 is 0 Å². The highest BCUT2D eigenvalue weighted by Crippen LogP contribution is 2.31. The summed E-state index contributed by atoms with van der Waals surface area (Å²) in [5.74, 6) is 0.914. The van der Waals surface area contributed by atoms with Gasteiger partial charge in [0.05, 0.1) is 28.5 Å². The van der Waals surface area contributed by atoms with Crippen LogP contribution in [0.1, 0.15) is 35.0 Å². The highest BCUT2D eigenvalue weighted by molar-refractivity contribution is 6.36. The second kappa shape index (κ2) is 12.8. The zero-order valence-electron chi connectivity index (χ0n) is 21.8. The summed E-state index contributed by atoms with van der Waals surface area (Å²) in [5, 5.41) is 5.81. The van der Waals surface area contributed by atoms with E-state index in [0.29, 0.717) is 41.7 Å². The van der Waals surface area contributed by atoms with Crippen molar-refractivity contribution in [3.05, 3.63) is 75.4 Å². The first kappa shape index (κ1) is 27.5. The molecule has 0 bridgehead atoms. The van der Waals surface area contributed by atoms with Crippen LogP contribution in [0, 0.1) is 6.92 Å². The average molecular weight is 545 g/mol. The quantitative estimate of drug-likeness (QED) is 0.324. The van der Waals surface area contributed by atoms with Crippen molar-refractivity contribution < 1.29 is 9.53 Å². The third-order valence-electron chi connectivity index (χ3n) is 6.85. The van der Waals surface area contributed by atoms with Gasteiger partial charge in [0, 0.05) is 57.0 Å². The topological polar surface area (TPSA) is 53.8 Å². The van der Waals surface area contributed by atoms with Crippen LogP contribution >= 0.6 is 23.2 Å². The van der Waals surface area contributed by atoms with Crippen LogP contribution in [-0.2, 0) is 11.3 Å². The summed E-state index contributed by atoms with van der Waals surface area (Å²) in [4.78, 5) is 20.4. The molecule has 9 heteroatoms. The number of hydrogen-bond donors (Lipinski definition) is 0. The fraction of sp³-hybridized carbons (Fsp3) is 0.429. The fourth-order valence-corrected chi connectivity index (χ4v) is 5.25. The Bertz CT molecular complexity index is 1190. The zero-order valence-corrected chi connectivity index (χ0v) is 23.3. The van der Waals surface area contributed by atoms with Crippen molar-refractivity contribution in [2.75, 3.05) is 57.9 Å². The molecular weight excluding hydrogens is 509 g/mol. The molecule has 7 nitrogen and oxygen atoms in total. The third kappa shape index (κ3) is 6.47. The number of rotatable bonds is 10. The summed E-state index contributed by atoms with van der Waals surface area (Å²) in [6.07, 6.45) is 0.712. The van der Waals surface area contributed by atoms with Crippen LogP contribution in [-0.4, -0.2) is 78.5 Å². The van der Waals surface area contributed by atoms with E-state index >= 15 is 0 Å². The van der Waals surface area contributed by atoms with Crippen molar-refractivity contribution >= 4 is 34.9 Å². The summed E-state index contributed by atoms with van der Waals surface area (Å²) in [7, 11) is 1.67. The molecule has 1 aliphatic heterocycles. The highest BCUT2D eigenvalue weighted by atomic mass is 35.5. The molecule has 0 radical (unpaired) electrons. The molecule has 2 aromatic carbocycles. The van der Waals surface area contributed by atoms with Crippen LogP contribution in [0.4, 0.5) is 5.82 Å². The Morgan fingerprint density at radius 3 is 2.46 bits per heavy atom. The smallest absolute Gasteiger partial charge is 0.255 e. The van der Waals surface area contributed by atoms with E-state index in [2.05, 4.69) is 28.9 Å². The first-order chi connectivity index (χ1) is 17.9. The SMILES string of the molecule is CCN1CCN(c2c(CN(CCCOC)C(=O)c3ccc(Cl)cc3Cl)c(C)nn2-c2ccccc2)CC1. The second-order valence-electron chi connectivity index (χ2n) is 9.25. The van der Waals surface area contributed by atoms with Crippen molar-refractivity contribution in [1.29, 1.82) is 0 Å². The van der Waals surface area contributed by atoms with E-state index in [1.807, 2.05) is 34.7 Å². The van der Waals surface area contributed by atoms with Crippen LogP contribution in [0.5, 0.6) is 0 Å². The van der Waals surface area contributed by atoms with Gasteiger partial charge in [0.25, 0.3) is 5.91 Å². The van der Waals surface area contributed by atoms with Crippen molar-refractivity contribution in [3.63, 3.8) is 0 Å². The van der Waals surface area contributed by atoms with Gasteiger partial charge in [0.1, 0.15) is 5.82 Å². The molecule has 1 aromatic heterocycles. The van der Waals surface area contributed by atoms with Crippen LogP contribution in [0.15, 0.2) is 48.5 Å². The summed E-state index contributed by atoms with van der Waals surface area (Å²) >= 11 is 12.5. The Morgan fingerprint density at radius 2 is 1.81 bits per heavy atom. The number of carbonyl (C=O) groups is 1. The van der Waals surface area contributed by atoms with Gasteiger partial charge in [-0.25, -0.2) is 4.68 Å². The van der Waals surface area contributed by atoms with E-state index in [1.165, 1.54) is 0 Å². The van der Waals surface area contributed by atoms with Gasteiger partial charge in [0.2, 0.25) is 0 Å². The van der Waals surface area contributed by atoms with E-state index in [1.54, 1.807) is 25.3 Å². The molecule has 0 N–H and O–H groups in total. The lowest BCUT2D eigenvalue weighted by Gasteiger charge is -2.36. The Kier molecular flexibility index (Phi) is 9.49. The molecule has 3 aromatic rings. The maximum Gasteiger partial charge on any atom is 0.255 e. The Hall–Kier alpha value is -2.58. The molecule has 198 valence electrons. The molecule has 2 heterocycles. The van der Waals surface area contributed by atoms with Gasteiger partial charge in [-0.3, -0.25) is 4.79 Å². The van der Waals surface area contributed by atoms with Gasteiger partial charge in [-0.2, -0.15) is 5.10 Å². The number of carbonyl (C=O) groups excluding carboxylic acids is 1. The van der Waals surface area contributed by atoms with Crippen molar-refractivity contribution in [3.8, 4) is 5.69 Å². The van der Waals surface area contributed by atoms with Crippen molar-refractivity contribution in [1.82, 2.24) is 19.6 Å². The minimum atomic E-state index is -0.133. The molecule has 1 fully saturated rings. The van der Waals surface area contributed by atoms with Gasteiger partial charge in [0.15, 0.2) is 0 Å². The molecule has 37 heavy (non-hydrogen) atoms. The number of nitrogens with zero attached hydrogens (tertiary/aromatic N) is 5. The maximum absolute atomic E-state index is 13.7. The lowest BCUT2D eigenvalue weighted by atomic mass is 10.1. The largest absolute Gasteiger partial charge is 0.385 e. The van der Waals surface area contributed by atoms with E-state index in [-0.39, 0.29) is 5.91 Å². The Morgan fingerprint density at radius 1 is 1.08 bits per heavy atom. The predicted molar refractivity (Wildman–Crippen MR) is 150 cm³/mol. The number of anilines is 1.